The third kappa shape index (κ3) is 4.52. The van der Waals surface area contributed by atoms with E-state index in [4.69, 9.17) is 18.9 Å². The van der Waals surface area contributed by atoms with Gasteiger partial charge in [0.05, 0.1) is 34.1 Å². The number of fused-ring (bicyclic) bond motifs is 3. The molecule has 9 heteroatoms. The van der Waals surface area contributed by atoms with Gasteiger partial charge in [-0.25, -0.2) is 9.69 Å². The number of rotatable bonds is 8. The summed E-state index contributed by atoms with van der Waals surface area (Å²) in [5, 5.41) is 0. The highest BCUT2D eigenvalue weighted by molar-refractivity contribution is 6.23. The van der Waals surface area contributed by atoms with E-state index in [1.54, 1.807) is 28.4 Å². The van der Waals surface area contributed by atoms with Crippen LogP contribution in [-0.2, 0) is 17.6 Å². The number of imide groups is 1. The van der Waals surface area contributed by atoms with E-state index in [1.165, 1.54) is 10.5 Å². The molecule has 3 heterocycles. The number of ether oxygens (including phenoxy) is 4. The van der Waals surface area contributed by atoms with Crippen molar-refractivity contribution in [2.24, 2.45) is 0 Å². The van der Waals surface area contributed by atoms with Crippen LogP contribution >= 0.6 is 0 Å². The minimum Gasteiger partial charge on any atom is -0.493 e. The van der Waals surface area contributed by atoms with E-state index in [0.29, 0.717) is 61.0 Å². The number of benzene rings is 3. The number of nitrogens with zero attached hydrogens (tertiary/aromatic N) is 3. The van der Waals surface area contributed by atoms with E-state index < -0.39 is 5.54 Å². The third-order valence-electron chi connectivity index (χ3n) is 9.08. The van der Waals surface area contributed by atoms with Gasteiger partial charge in [-0.05, 0) is 78.8 Å². The second kappa shape index (κ2) is 11.2. The molecule has 0 aromatic heterocycles. The van der Waals surface area contributed by atoms with Crippen molar-refractivity contribution in [1.82, 2.24) is 9.80 Å². The van der Waals surface area contributed by atoms with Gasteiger partial charge in [-0.15, -0.1) is 0 Å². The van der Waals surface area contributed by atoms with Gasteiger partial charge in [0, 0.05) is 25.7 Å². The summed E-state index contributed by atoms with van der Waals surface area (Å²) in [7, 11) is 6.50. The first-order valence-electron chi connectivity index (χ1n) is 14.3. The fourth-order valence-corrected chi connectivity index (χ4v) is 6.88. The summed E-state index contributed by atoms with van der Waals surface area (Å²) in [6.45, 7) is 2.00. The van der Waals surface area contributed by atoms with Crippen molar-refractivity contribution < 1.29 is 28.5 Å². The topological polar surface area (TPSA) is 80.8 Å². The number of amides is 3. The molecule has 2 fully saturated rings. The summed E-state index contributed by atoms with van der Waals surface area (Å²) in [6, 6.07) is 18.8. The van der Waals surface area contributed by atoms with Crippen LogP contribution in [0.4, 0.5) is 10.5 Å². The molecule has 0 aliphatic carbocycles. The summed E-state index contributed by atoms with van der Waals surface area (Å²) in [6.07, 6.45) is 2.55. The van der Waals surface area contributed by atoms with E-state index >= 15 is 0 Å². The molecule has 2 saturated heterocycles. The van der Waals surface area contributed by atoms with Crippen molar-refractivity contribution in [3.63, 3.8) is 0 Å². The van der Waals surface area contributed by atoms with E-state index in [2.05, 4.69) is 11.0 Å². The van der Waals surface area contributed by atoms with E-state index in [9.17, 15) is 9.59 Å². The molecule has 0 unspecified atom stereocenters. The largest absolute Gasteiger partial charge is 0.493 e. The first-order valence-corrected chi connectivity index (χ1v) is 14.3. The maximum Gasteiger partial charge on any atom is 0.332 e. The van der Waals surface area contributed by atoms with Crippen LogP contribution in [-0.4, -0.2) is 75.4 Å². The highest BCUT2D eigenvalue weighted by Gasteiger charge is 2.60. The lowest BCUT2D eigenvalue weighted by atomic mass is 9.76. The predicted octanol–water partition coefficient (Wildman–Crippen LogP) is 4.86. The normalized spacial score (nSPS) is 21.8. The standard InChI is InChI=1S/C33H37N3O6/c1-39-27-11-10-22(18-28(27)40-2)12-16-35-32(38)36(24-8-6-5-7-9-24)31(37)33(35)14-17-34-15-13-23-19-29(41-3)30(42-4)20-25(23)26(34)21-33/h5-11,18-20,26H,12-17,21H2,1-4H3/t26-,33+/m1/s1. The van der Waals surface area contributed by atoms with Gasteiger partial charge in [-0.3, -0.25) is 9.69 Å². The van der Waals surface area contributed by atoms with Gasteiger partial charge in [0.15, 0.2) is 23.0 Å². The molecule has 1 spiro atoms. The molecule has 0 saturated carbocycles. The zero-order valence-corrected chi connectivity index (χ0v) is 24.6. The zero-order chi connectivity index (χ0) is 29.4. The first-order chi connectivity index (χ1) is 20.4. The van der Waals surface area contributed by atoms with Gasteiger partial charge in [-0.2, -0.15) is 0 Å². The first kappa shape index (κ1) is 27.9. The Kier molecular flexibility index (Phi) is 7.45. The number of para-hydroxylation sites is 1. The van der Waals surface area contributed by atoms with E-state index in [1.807, 2.05) is 59.5 Å². The molecule has 220 valence electrons. The summed E-state index contributed by atoms with van der Waals surface area (Å²) in [5.41, 5.74) is 2.96. The Labute approximate surface area is 246 Å². The van der Waals surface area contributed by atoms with Crippen LogP contribution in [0.2, 0.25) is 0 Å². The molecule has 42 heavy (non-hydrogen) atoms. The van der Waals surface area contributed by atoms with Crippen LogP contribution in [0, 0.1) is 0 Å². The molecule has 6 rings (SSSR count). The number of hydrogen-bond donors (Lipinski definition) is 0. The predicted molar refractivity (Wildman–Crippen MR) is 159 cm³/mol. The average Bonchev–Trinajstić information content (AvgIpc) is 3.23. The lowest BCUT2D eigenvalue weighted by Gasteiger charge is -2.49. The number of carbonyl (C=O) groups is 2. The van der Waals surface area contributed by atoms with Gasteiger partial charge in [0.1, 0.15) is 5.54 Å². The van der Waals surface area contributed by atoms with Gasteiger partial charge < -0.3 is 23.8 Å². The average molecular weight is 572 g/mol. The number of piperidine rings is 1. The van der Waals surface area contributed by atoms with Crippen molar-refractivity contribution >= 4 is 17.6 Å². The molecular formula is C33H37N3O6. The molecule has 3 aliphatic heterocycles. The lowest BCUT2D eigenvalue weighted by molar-refractivity contribution is -0.129. The van der Waals surface area contributed by atoms with Gasteiger partial charge in [0.2, 0.25) is 0 Å². The van der Waals surface area contributed by atoms with Gasteiger partial charge >= 0.3 is 6.03 Å². The van der Waals surface area contributed by atoms with Gasteiger partial charge in [0.25, 0.3) is 5.91 Å². The van der Waals surface area contributed by atoms with Crippen molar-refractivity contribution in [2.45, 2.75) is 37.3 Å². The Morgan fingerprint density at radius 3 is 2.21 bits per heavy atom. The smallest absolute Gasteiger partial charge is 0.332 e. The Morgan fingerprint density at radius 1 is 0.810 bits per heavy atom. The molecule has 3 aromatic carbocycles. The van der Waals surface area contributed by atoms with Crippen molar-refractivity contribution in [2.75, 3.05) is 53.0 Å². The summed E-state index contributed by atoms with van der Waals surface area (Å²) in [5.74, 6) is 2.50. The monoisotopic (exact) mass is 571 g/mol. The number of methoxy groups -OCH3 is 4. The Bertz CT molecular complexity index is 1490. The van der Waals surface area contributed by atoms with Crippen LogP contribution < -0.4 is 23.8 Å². The molecule has 0 radical (unpaired) electrons. The lowest BCUT2D eigenvalue weighted by Crippen LogP contribution is -2.58. The van der Waals surface area contributed by atoms with Crippen LogP contribution in [0.25, 0.3) is 0 Å². The molecular weight excluding hydrogens is 534 g/mol. The number of anilines is 1. The fraction of sp³-hybridized carbons (Fsp3) is 0.394. The molecule has 9 nitrogen and oxygen atoms in total. The van der Waals surface area contributed by atoms with Crippen molar-refractivity contribution in [1.29, 1.82) is 0 Å². The highest BCUT2D eigenvalue weighted by Crippen LogP contribution is 2.49. The van der Waals surface area contributed by atoms with Crippen LogP contribution in [0.15, 0.2) is 60.7 Å². The van der Waals surface area contributed by atoms with E-state index in [-0.39, 0.29) is 18.0 Å². The van der Waals surface area contributed by atoms with Crippen molar-refractivity contribution in [3.05, 3.63) is 77.4 Å². The molecule has 3 aromatic rings. The molecule has 0 bridgehead atoms. The van der Waals surface area contributed by atoms with Crippen molar-refractivity contribution in [3.8, 4) is 23.0 Å². The highest BCUT2D eigenvalue weighted by atomic mass is 16.5. The van der Waals surface area contributed by atoms with E-state index in [0.717, 1.165) is 24.1 Å². The summed E-state index contributed by atoms with van der Waals surface area (Å²) in [4.78, 5) is 34.3. The summed E-state index contributed by atoms with van der Waals surface area (Å²) < 4.78 is 22.1. The SMILES string of the molecule is COc1ccc(CCN2C(=O)N(c3ccccc3)C(=O)[C@@]23CCN2CCc4cc(OC)c(OC)cc4[C@H]2C3)cc1OC. The fourth-order valence-electron chi connectivity index (χ4n) is 6.88. The maximum absolute atomic E-state index is 14.5. The Hall–Kier alpha value is -4.24. The minimum atomic E-state index is -0.966. The van der Waals surface area contributed by atoms with Crippen LogP contribution in [0.1, 0.15) is 35.6 Å². The quantitative estimate of drug-likeness (QED) is 0.357. The number of hydrogen-bond acceptors (Lipinski definition) is 7. The molecule has 2 atom stereocenters. The van der Waals surface area contributed by atoms with Gasteiger partial charge in [-0.1, -0.05) is 24.3 Å². The minimum absolute atomic E-state index is 0.0293. The number of urea groups is 1. The molecule has 3 amide bonds. The second-order valence-electron chi connectivity index (χ2n) is 11.0. The Balaban J connectivity index is 1.38. The zero-order valence-electron chi connectivity index (χ0n) is 24.6. The number of carbonyl (C=O) groups excluding carboxylic acids is 2. The molecule has 0 N–H and O–H groups in total. The maximum atomic E-state index is 14.5. The van der Waals surface area contributed by atoms with Crippen LogP contribution in [0.3, 0.4) is 0 Å². The third-order valence-corrected chi connectivity index (χ3v) is 9.08. The summed E-state index contributed by atoms with van der Waals surface area (Å²) >= 11 is 0. The Morgan fingerprint density at radius 2 is 1.50 bits per heavy atom. The second-order valence-corrected chi connectivity index (χ2v) is 11.0. The van der Waals surface area contributed by atoms with Crippen LogP contribution in [0.5, 0.6) is 23.0 Å². The molecule has 3 aliphatic rings.